The van der Waals surface area contributed by atoms with Gasteiger partial charge in [0.1, 0.15) is 11.6 Å². The van der Waals surface area contributed by atoms with Crippen LogP contribution in [0.25, 0.3) is 0 Å². The van der Waals surface area contributed by atoms with Crippen molar-refractivity contribution in [2.75, 3.05) is 13.7 Å². The zero-order valence-electron chi connectivity index (χ0n) is 15.0. The molecule has 1 aliphatic heterocycles. The van der Waals surface area contributed by atoms with E-state index in [1.807, 2.05) is 0 Å². The van der Waals surface area contributed by atoms with E-state index < -0.39 is 29.5 Å². The molecule has 1 heterocycles. The lowest BCUT2D eigenvalue weighted by atomic mass is 9.90. The third-order valence-electron chi connectivity index (χ3n) is 4.54. The van der Waals surface area contributed by atoms with Crippen molar-refractivity contribution in [3.8, 4) is 0 Å². The predicted octanol–water partition coefficient (Wildman–Crippen LogP) is 2.05. The van der Waals surface area contributed by atoms with Gasteiger partial charge in [-0.2, -0.15) is 0 Å². The molecule has 3 amide bonds. The first-order chi connectivity index (χ1) is 11.7. The average Bonchev–Trinajstić information content (AvgIpc) is 2.76. The molecule has 1 aliphatic rings. The zero-order valence-corrected chi connectivity index (χ0v) is 15.8. The van der Waals surface area contributed by atoms with E-state index >= 15 is 0 Å². The second-order valence-electron chi connectivity index (χ2n) is 5.94. The number of rotatable bonds is 5. The molecule has 2 N–H and O–H groups in total. The van der Waals surface area contributed by atoms with E-state index in [1.165, 1.54) is 18.9 Å². The van der Waals surface area contributed by atoms with Crippen molar-refractivity contribution in [2.45, 2.75) is 32.4 Å². The highest BCUT2D eigenvalue weighted by molar-refractivity contribution is 6.09. The van der Waals surface area contributed by atoms with Crippen molar-refractivity contribution in [2.24, 2.45) is 0 Å². The number of hydrogen-bond donors (Lipinski definition) is 2. The Kier molecular flexibility index (Phi) is 6.38. The molecule has 0 aromatic heterocycles. The number of amides is 3. The van der Waals surface area contributed by atoms with E-state index in [9.17, 15) is 14.4 Å². The molecule has 1 aromatic rings. The van der Waals surface area contributed by atoms with Crippen LogP contribution in [-0.2, 0) is 19.9 Å². The van der Waals surface area contributed by atoms with Gasteiger partial charge in [-0.25, -0.2) is 14.5 Å². The predicted molar refractivity (Wildman–Crippen MR) is 96.6 cm³/mol. The van der Waals surface area contributed by atoms with Gasteiger partial charge in [-0.15, -0.1) is 12.4 Å². The van der Waals surface area contributed by atoms with Crippen LogP contribution < -0.4 is 0 Å². The van der Waals surface area contributed by atoms with Crippen molar-refractivity contribution in [3.63, 3.8) is 0 Å². The molecule has 1 saturated heterocycles. The van der Waals surface area contributed by atoms with Gasteiger partial charge in [0, 0.05) is 12.6 Å². The van der Waals surface area contributed by atoms with E-state index in [0.717, 1.165) is 4.90 Å². The van der Waals surface area contributed by atoms with Gasteiger partial charge in [0.15, 0.2) is 0 Å². The van der Waals surface area contributed by atoms with E-state index in [0.29, 0.717) is 17.7 Å². The van der Waals surface area contributed by atoms with Crippen LogP contribution in [0, 0.1) is 5.41 Å². The number of imide groups is 1. The lowest BCUT2D eigenvalue weighted by Gasteiger charge is -2.29. The highest BCUT2D eigenvalue weighted by Crippen LogP contribution is 2.37. The lowest BCUT2D eigenvalue weighted by molar-refractivity contribution is -0.147. The Hall–Kier alpha value is -2.61. The van der Waals surface area contributed by atoms with Crippen molar-refractivity contribution < 1.29 is 24.2 Å². The Morgan fingerprint density at radius 3 is 2.31 bits per heavy atom. The third-order valence-corrected chi connectivity index (χ3v) is 4.54. The number of nitrogens with zero attached hydrogens (tertiary/aromatic N) is 2. The van der Waals surface area contributed by atoms with Crippen molar-refractivity contribution in [3.05, 3.63) is 35.4 Å². The number of likely N-dealkylation sites (N-methyl/N-ethyl adjacent to an activating group) is 1. The van der Waals surface area contributed by atoms with E-state index in [1.54, 1.807) is 38.1 Å². The van der Waals surface area contributed by atoms with Crippen LogP contribution in [0.4, 0.5) is 4.79 Å². The smallest absolute Gasteiger partial charge is 0.328 e. The Morgan fingerprint density at radius 2 is 1.85 bits per heavy atom. The second kappa shape index (κ2) is 7.74. The first kappa shape index (κ1) is 21.4. The molecule has 0 bridgehead atoms. The van der Waals surface area contributed by atoms with E-state index in [2.05, 4.69) is 0 Å². The number of carboxylic acid groups (broad SMARTS) is 1. The van der Waals surface area contributed by atoms with Crippen LogP contribution in [-0.4, -0.2) is 58.4 Å². The maximum Gasteiger partial charge on any atom is 0.328 e. The monoisotopic (exact) mass is 383 g/mol. The molecule has 8 nitrogen and oxygen atoms in total. The van der Waals surface area contributed by atoms with Crippen LogP contribution in [0.1, 0.15) is 31.9 Å². The summed E-state index contributed by atoms with van der Waals surface area (Å²) in [6, 6.07) is 4.63. The molecule has 26 heavy (non-hydrogen) atoms. The molecule has 2 atom stereocenters. The summed E-state index contributed by atoms with van der Waals surface area (Å²) < 4.78 is 5.13. The number of hydrogen-bond acceptors (Lipinski definition) is 5. The molecule has 0 radical (unpaired) electrons. The normalized spacial score (nSPS) is 20.6. The Balaban J connectivity index is 0.00000338. The first-order valence-electron chi connectivity index (χ1n) is 7.82. The quantitative estimate of drug-likeness (QED) is 0.459. The molecule has 9 heteroatoms. The number of carboxylic acids is 1. The van der Waals surface area contributed by atoms with Gasteiger partial charge in [0.2, 0.25) is 5.90 Å². The Labute approximate surface area is 157 Å². The van der Waals surface area contributed by atoms with Gasteiger partial charge >= 0.3 is 12.0 Å². The summed E-state index contributed by atoms with van der Waals surface area (Å²) in [5, 5.41) is 16.9. The lowest BCUT2D eigenvalue weighted by Crippen LogP contribution is -2.45. The largest absolute Gasteiger partial charge is 0.480 e. The van der Waals surface area contributed by atoms with Crippen LogP contribution in [0.15, 0.2) is 24.3 Å². The maximum atomic E-state index is 12.8. The summed E-state index contributed by atoms with van der Waals surface area (Å²) in [4.78, 5) is 38.5. The number of carbonyl (C=O) groups excluding carboxylic acids is 2. The zero-order chi connectivity index (χ0) is 18.9. The van der Waals surface area contributed by atoms with Gasteiger partial charge in [0.05, 0.1) is 6.61 Å². The number of ether oxygens (including phenoxy) is 1. The number of carbonyl (C=O) groups is 3. The van der Waals surface area contributed by atoms with E-state index in [4.69, 9.17) is 15.3 Å². The molecule has 0 saturated carbocycles. The summed E-state index contributed by atoms with van der Waals surface area (Å²) in [6.45, 7) is 5.02. The van der Waals surface area contributed by atoms with Crippen molar-refractivity contribution in [1.82, 2.24) is 9.80 Å². The molecule has 1 fully saturated rings. The summed E-state index contributed by atoms with van der Waals surface area (Å²) in [7, 11) is 1.46. The Morgan fingerprint density at radius 1 is 1.31 bits per heavy atom. The molecule has 142 valence electrons. The molecular formula is C17H22ClN3O5. The number of benzene rings is 1. The minimum atomic E-state index is -1.31. The van der Waals surface area contributed by atoms with Crippen LogP contribution in [0.2, 0.25) is 0 Å². The van der Waals surface area contributed by atoms with Crippen molar-refractivity contribution >= 4 is 36.2 Å². The van der Waals surface area contributed by atoms with Gasteiger partial charge in [0.25, 0.3) is 5.91 Å². The fourth-order valence-corrected chi connectivity index (χ4v) is 2.76. The number of halogens is 1. The van der Waals surface area contributed by atoms with Crippen molar-refractivity contribution in [1.29, 1.82) is 5.41 Å². The molecular weight excluding hydrogens is 362 g/mol. The fourth-order valence-electron chi connectivity index (χ4n) is 2.76. The van der Waals surface area contributed by atoms with Crippen LogP contribution in [0.5, 0.6) is 0 Å². The fraction of sp³-hybridized carbons (Fsp3) is 0.412. The van der Waals surface area contributed by atoms with Gasteiger partial charge in [-0.05, 0) is 38.5 Å². The minimum absolute atomic E-state index is 0. The third kappa shape index (κ3) is 3.24. The summed E-state index contributed by atoms with van der Waals surface area (Å²) in [5.41, 5.74) is -0.237. The standard InChI is InChI=1S/C17H21N3O5.ClH/c1-5-25-13(18)11-6-8-12(9-7-11)17(3)15(23)20(10(2)14(21)22)16(24)19(17)4;/h6-10,18H,5H2,1-4H3,(H,21,22);1H/t10?,17-;/m0./s1. The molecule has 2 rings (SSSR count). The summed E-state index contributed by atoms with van der Waals surface area (Å²) in [6.07, 6.45) is 0. The number of aliphatic carboxylic acids is 1. The van der Waals surface area contributed by atoms with Gasteiger partial charge < -0.3 is 14.7 Å². The molecule has 0 spiro atoms. The molecule has 1 unspecified atom stereocenters. The Bertz CT molecular complexity index is 736. The molecule has 1 aromatic carbocycles. The van der Waals surface area contributed by atoms with Crippen LogP contribution in [0.3, 0.4) is 0 Å². The highest BCUT2D eigenvalue weighted by Gasteiger charge is 2.55. The molecule has 0 aliphatic carbocycles. The highest BCUT2D eigenvalue weighted by atomic mass is 35.5. The topological polar surface area (TPSA) is 111 Å². The maximum absolute atomic E-state index is 12.8. The summed E-state index contributed by atoms with van der Waals surface area (Å²) >= 11 is 0. The first-order valence-corrected chi connectivity index (χ1v) is 7.82. The van der Waals surface area contributed by atoms with Gasteiger partial charge in [-0.3, -0.25) is 10.2 Å². The average molecular weight is 384 g/mol. The SMILES string of the molecule is CCOC(=N)c1ccc([C@@]2(C)C(=O)N(C(C)C(=O)O)C(=O)N2C)cc1.Cl. The van der Waals surface area contributed by atoms with Gasteiger partial charge in [-0.1, -0.05) is 12.1 Å². The van der Waals surface area contributed by atoms with E-state index in [-0.39, 0.29) is 18.3 Å². The number of urea groups is 1. The number of nitrogens with one attached hydrogen (secondary N) is 1. The van der Waals surface area contributed by atoms with Crippen LogP contribution >= 0.6 is 12.4 Å². The summed E-state index contributed by atoms with van der Waals surface area (Å²) in [5.74, 6) is -1.83. The second-order valence-corrected chi connectivity index (χ2v) is 5.94. The minimum Gasteiger partial charge on any atom is -0.480 e.